The van der Waals surface area contributed by atoms with Gasteiger partial charge in [0, 0.05) is 25.9 Å². The third-order valence-corrected chi connectivity index (χ3v) is 11.6. The largest absolute Gasteiger partial charge is 0.508 e. The second kappa shape index (κ2) is 28.7. The molecule has 14 N–H and O–H groups in total. The topological polar surface area (TPSA) is 386 Å². The number of β-amino-alcohol motifs (C(OH)–C–C–N with tert-alkyl or cyclic N) is 1. The van der Waals surface area contributed by atoms with Crippen molar-refractivity contribution in [1.29, 1.82) is 0 Å². The summed E-state index contributed by atoms with van der Waals surface area (Å²) in [6, 6.07) is -2.18. The minimum atomic E-state index is -1.35. The molecule has 2 saturated heterocycles. The molecule has 71 heavy (non-hydrogen) atoms. The number of nitrogens with one attached hydrogen (secondary N) is 9. The van der Waals surface area contributed by atoms with Crippen LogP contribution in [0.2, 0.25) is 0 Å². The maximum absolute atomic E-state index is 13.5. The summed E-state index contributed by atoms with van der Waals surface area (Å²) in [5.74, 6) is -8.90. The minimum Gasteiger partial charge on any atom is -0.508 e. The molecule has 2 heterocycles. The number of piperidine rings is 1. The third-order valence-electron chi connectivity index (χ3n) is 11.6. The lowest BCUT2D eigenvalue weighted by molar-refractivity contribution is -0.146. The van der Waals surface area contributed by atoms with Crippen molar-refractivity contribution in [2.75, 3.05) is 32.7 Å². The molecular formula is C46H71N11O14. The molecule has 1 aromatic rings. The van der Waals surface area contributed by atoms with Gasteiger partial charge in [0.1, 0.15) is 42.0 Å². The highest BCUT2D eigenvalue weighted by Crippen LogP contribution is 2.19. The predicted molar refractivity (Wildman–Crippen MR) is 253 cm³/mol. The van der Waals surface area contributed by atoms with Crippen LogP contribution in [-0.2, 0) is 59.2 Å². The number of carbonyl (C=O) groups excluding carboxylic acids is 10. The van der Waals surface area contributed by atoms with E-state index in [0.29, 0.717) is 18.4 Å². The number of carboxylic acid groups (broad SMARTS) is 1. The van der Waals surface area contributed by atoms with Crippen LogP contribution in [0.3, 0.4) is 0 Å². The summed E-state index contributed by atoms with van der Waals surface area (Å²) in [5.41, 5.74) is 5.84. The zero-order valence-corrected chi connectivity index (χ0v) is 40.8. The van der Waals surface area contributed by atoms with Crippen LogP contribution in [0.1, 0.15) is 91.5 Å². The molecule has 0 aliphatic carbocycles. The van der Waals surface area contributed by atoms with E-state index in [1.807, 2.05) is 0 Å². The monoisotopic (exact) mass is 1000 g/mol. The van der Waals surface area contributed by atoms with Gasteiger partial charge in [-0.2, -0.15) is 0 Å². The number of hydrogen-bond acceptors (Lipinski definition) is 14. The number of rotatable bonds is 27. The van der Waals surface area contributed by atoms with Gasteiger partial charge in [-0.05, 0) is 81.4 Å². The lowest BCUT2D eigenvalue weighted by Gasteiger charge is -2.35. The van der Waals surface area contributed by atoms with E-state index in [-0.39, 0.29) is 75.6 Å². The Morgan fingerprint density at radius 2 is 1.27 bits per heavy atom. The number of aliphatic hydroxyl groups is 1. The smallest absolute Gasteiger partial charge is 0.326 e. The summed E-state index contributed by atoms with van der Waals surface area (Å²) in [5, 5.41) is 51.7. The number of aromatic hydroxyl groups is 1. The van der Waals surface area contributed by atoms with Crippen LogP contribution in [0.15, 0.2) is 24.3 Å². The fourth-order valence-electron chi connectivity index (χ4n) is 7.86. The first-order valence-corrected chi connectivity index (χ1v) is 23.8. The average molecular weight is 1000 g/mol. The molecule has 0 saturated carbocycles. The number of phenolic OH excluding ortho intramolecular Hbond substituents is 1. The Bertz CT molecular complexity index is 2070. The summed E-state index contributed by atoms with van der Waals surface area (Å²) < 4.78 is 0. The van der Waals surface area contributed by atoms with Crippen LogP contribution in [0, 0.1) is 11.8 Å². The van der Waals surface area contributed by atoms with Gasteiger partial charge in [-0.25, -0.2) is 4.79 Å². The highest BCUT2D eigenvalue weighted by Gasteiger charge is 2.36. The van der Waals surface area contributed by atoms with E-state index in [4.69, 9.17) is 5.73 Å². The number of likely N-dealkylation sites (tertiary alicyclic amines) is 1. The van der Waals surface area contributed by atoms with Gasteiger partial charge in [0.2, 0.25) is 59.1 Å². The van der Waals surface area contributed by atoms with Crippen molar-refractivity contribution in [1.82, 2.24) is 52.8 Å². The number of phenols is 1. The van der Waals surface area contributed by atoms with Gasteiger partial charge >= 0.3 is 5.97 Å². The standard InChI is InChI=1S/C46H71N11O14/c1-24(2)16-32(55-43(67)30(13-14-36(47)60)53-37(61)21-49-41(65)31-19-29(59)20-48-31)42(66)50-22-38(62)54-33(17-25(3)4)44(68)52-26(5)40(64)51-23-39(63)57-15-7-6-8-35(57)45(69)56-34(46(70)71)18-27-9-11-28(58)12-10-27/h9-12,24-26,29-35,48,58-59H,6-8,13-23H2,1-5H3,(H2,47,60)(H,49,65)(H,50,66)(H,51,64)(H,52,68)(H,53,61)(H,54,62)(H,55,67)(H,56,69)(H,70,71)/t26-,29+,30-,31-,32-,33-,34-,35-/m0/s1. The van der Waals surface area contributed by atoms with Gasteiger partial charge in [0.25, 0.3) is 0 Å². The van der Waals surface area contributed by atoms with Gasteiger partial charge in [-0.1, -0.05) is 39.8 Å². The molecule has 25 nitrogen and oxygen atoms in total. The zero-order valence-electron chi connectivity index (χ0n) is 40.8. The second-order valence-corrected chi connectivity index (χ2v) is 18.7. The number of nitrogens with zero attached hydrogens (tertiary/aromatic N) is 1. The van der Waals surface area contributed by atoms with Gasteiger partial charge < -0.3 is 73.8 Å². The maximum Gasteiger partial charge on any atom is 0.326 e. The fourth-order valence-corrected chi connectivity index (χ4v) is 7.86. The molecule has 0 radical (unpaired) electrons. The quantitative estimate of drug-likeness (QED) is 0.0403. The first-order valence-electron chi connectivity index (χ1n) is 23.8. The highest BCUT2D eigenvalue weighted by atomic mass is 16.4. The lowest BCUT2D eigenvalue weighted by Crippen LogP contribution is -2.58. The van der Waals surface area contributed by atoms with Crippen LogP contribution >= 0.6 is 0 Å². The van der Waals surface area contributed by atoms with Crippen LogP contribution in [-0.4, -0.2) is 166 Å². The fraction of sp³-hybridized carbons (Fsp3) is 0.630. The Kier molecular flexibility index (Phi) is 23.6. The number of primary amides is 1. The number of aliphatic carboxylic acids is 1. The van der Waals surface area contributed by atoms with E-state index in [0.717, 1.165) is 0 Å². The molecule has 2 aliphatic heterocycles. The molecule has 0 unspecified atom stereocenters. The molecule has 394 valence electrons. The van der Waals surface area contributed by atoms with Gasteiger partial charge in [0.05, 0.1) is 31.8 Å². The van der Waals surface area contributed by atoms with Gasteiger partial charge in [0.15, 0.2) is 0 Å². The van der Waals surface area contributed by atoms with Gasteiger partial charge in [-0.3, -0.25) is 47.9 Å². The minimum absolute atomic E-state index is 0.00837. The summed E-state index contributed by atoms with van der Waals surface area (Å²) >= 11 is 0. The van der Waals surface area contributed by atoms with Crippen molar-refractivity contribution >= 4 is 65.0 Å². The summed E-state index contributed by atoms with van der Waals surface area (Å²) in [6.07, 6.45) is 0.411. The van der Waals surface area contributed by atoms with Crippen molar-refractivity contribution < 1.29 is 68.1 Å². The van der Waals surface area contributed by atoms with E-state index in [2.05, 4.69) is 47.9 Å². The number of nitrogens with two attached hydrogens (primary N) is 1. The molecule has 2 fully saturated rings. The summed E-state index contributed by atoms with van der Waals surface area (Å²) in [6.45, 7) is 7.15. The van der Waals surface area contributed by atoms with Crippen molar-refractivity contribution in [3.8, 4) is 5.75 Å². The molecule has 25 heteroatoms. The Balaban J connectivity index is 1.55. The molecule has 0 bridgehead atoms. The van der Waals surface area contributed by atoms with Crippen molar-refractivity contribution in [2.24, 2.45) is 17.6 Å². The number of aliphatic hydroxyl groups excluding tert-OH is 1. The molecule has 3 rings (SSSR count). The van der Waals surface area contributed by atoms with Crippen LogP contribution in [0.4, 0.5) is 0 Å². The number of amides is 10. The molecule has 0 spiro atoms. The van der Waals surface area contributed by atoms with Gasteiger partial charge in [-0.15, -0.1) is 0 Å². The molecule has 1 aromatic carbocycles. The second-order valence-electron chi connectivity index (χ2n) is 18.7. The molecule has 2 aliphatic rings. The predicted octanol–water partition coefficient (Wildman–Crippen LogP) is -3.73. The molecule has 10 amide bonds. The summed E-state index contributed by atoms with van der Waals surface area (Å²) in [7, 11) is 0. The Labute approximate surface area is 411 Å². The van der Waals surface area contributed by atoms with Crippen LogP contribution in [0.5, 0.6) is 5.75 Å². The lowest BCUT2D eigenvalue weighted by atomic mass is 9.99. The van der Waals surface area contributed by atoms with Crippen molar-refractivity contribution in [3.63, 3.8) is 0 Å². The Hall–Kier alpha value is -6.89. The first kappa shape index (κ1) is 58.4. The van der Waals surface area contributed by atoms with Crippen molar-refractivity contribution in [2.45, 2.75) is 141 Å². The first-order chi connectivity index (χ1) is 33.4. The summed E-state index contributed by atoms with van der Waals surface area (Å²) in [4.78, 5) is 143. The number of hydrogen-bond donors (Lipinski definition) is 13. The number of carboxylic acids is 1. The Morgan fingerprint density at radius 1 is 0.690 bits per heavy atom. The van der Waals surface area contributed by atoms with E-state index in [1.165, 1.54) is 36.1 Å². The van der Waals surface area contributed by atoms with E-state index in [9.17, 15) is 68.1 Å². The highest BCUT2D eigenvalue weighted by molar-refractivity contribution is 5.97. The van der Waals surface area contributed by atoms with Crippen LogP contribution in [0.25, 0.3) is 0 Å². The normalized spacial score (nSPS) is 18.6. The third kappa shape index (κ3) is 20.5. The van der Waals surface area contributed by atoms with Crippen LogP contribution < -0.4 is 53.6 Å². The molecule has 0 aromatic heterocycles. The number of carbonyl (C=O) groups is 11. The van der Waals surface area contributed by atoms with Crippen molar-refractivity contribution in [3.05, 3.63) is 29.8 Å². The molecular weight excluding hydrogens is 931 g/mol. The average Bonchev–Trinajstić information content (AvgIpc) is 3.75. The number of benzene rings is 1. The van der Waals surface area contributed by atoms with E-state index in [1.54, 1.807) is 27.7 Å². The zero-order chi connectivity index (χ0) is 52.9. The molecule has 8 atom stereocenters. The Morgan fingerprint density at radius 3 is 1.85 bits per heavy atom. The van der Waals surface area contributed by atoms with E-state index >= 15 is 0 Å². The maximum atomic E-state index is 13.5. The van der Waals surface area contributed by atoms with E-state index < -0.39 is 133 Å². The SMILES string of the molecule is CC(C)C[C@H](NC(=O)CNC(=O)[C@H](CC(C)C)NC(=O)[C@H](CCC(N)=O)NC(=O)CNC(=O)[C@@H]1C[C@@H](O)CN1)C(=O)N[C@@H](C)C(=O)NCC(=O)N1CCCC[C@H]1C(=O)N[C@@H](Cc1ccc(O)cc1)C(=O)O.